The van der Waals surface area contributed by atoms with Gasteiger partial charge < -0.3 is 24.3 Å². The van der Waals surface area contributed by atoms with Crippen molar-refractivity contribution >= 4 is 11.9 Å². The van der Waals surface area contributed by atoms with Gasteiger partial charge in [0.1, 0.15) is 17.1 Å². The summed E-state index contributed by atoms with van der Waals surface area (Å²) < 4.78 is 15.9. The summed E-state index contributed by atoms with van der Waals surface area (Å²) in [5.74, 6) is 0.300. The molecule has 128 valence electrons. The first-order valence-corrected chi connectivity index (χ1v) is 7.37. The zero-order valence-corrected chi connectivity index (χ0v) is 13.7. The number of carbonyl (C=O) groups is 2. The minimum absolute atomic E-state index is 0.0852. The number of rotatable bonds is 7. The maximum absolute atomic E-state index is 12.2. The zero-order chi connectivity index (χ0) is 17.7. The number of aryl methyl sites for hydroxylation is 1. The highest BCUT2D eigenvalue weighted by Gasteiger charge is 2.15. The van der Waals surface area contributed by atoms with E-state index in [0.717, 1.165) is 0 Å². The number of nitrogens with one attached hydrogen (secondary N) is 1. The van der Waals surface area contributed by atoms with Crippen molar-refractivity contribution in [2.45, 2.75) is 20.4 Å². The van der Waals surface area contributed by atoms with E-state index in [9.17, 15) is 9.59 Å². The van der Waals surface area contributed by atoms with Gasteiger partial charge in [0.05, 0.1) is 20.3 Å². The summed E-state index contributed by atoms with van der Waals surface area (Å²) in [4.78, 5) is 23.2. The first-order valence-electron chi connectivity index (χ1n) is 7.37. The second-order valence-corrected chi connectivity index (χ2v) is 4.97. The molecule has 0 radical (unpaired) electrons. The summed E-state index contributed by atoms with van der Waals surface area (Å²) in [5, 5.41) is 11.7. The van der Waals surface area contributed by atoms with Crippen molar-refractivity contribution in [1.82, 2.24) is 5.32 Å². The van der Waals surface area contributed by atoms with Gasteiger partial charge in [0.25, 0.3) is 5.91 Å². The Bertz CT molecular complexity index is 750. The molecular formula is C17H19NO6. The molecule has 1 aromatic heterocycles. The summed E-state index contributed by atoms with van der Waals surface area (Å²) in [5.41, 5.74) is 0.485. The Morgan fingerprint density at radius 3 is 2.58 bits per heavy atom. The lowest BCUT2D eigenvalue weighted by atomic mass is 10.2. The molecule has 1 aromatic carbocycles. The maximum Gasteiger partial charge on any atom is 0.339 e. The molecule has 2 aromatic rings. The van der Waals surface area contributed by atoms with Gasteiger partial charge in [0, 0.05) is 5.56 Å². The molecule has 0 fully saturated rings. The molecule has 7 nitrogen and oxygen atoms in total. The molecule has 0 saturated carbocycles. The number of hydrogen-bond acceptors (Lipinski definition) is 5. The van der Waals surface area contributed by atoms with Gasteiger partial charge in [-0.25, -0.2) is 4.79 Å². The quantitative estimate of drug-likeness (QED) is 0.808. The van der Waals surface area contributed by atoms with E-state index in [1.54, 1.807) is 25.1 Å². The highest BCUT2D eigenvalue weighted by atomic mass is 16.5. The summed E-state index contributed by atoms with van der Waals surface area (Å²) in [6.45, 7) is 4.00. The molecule has 24 heavy (non-hydrogen) atoms. The molecule has 1 amide bonds. The molecule has 0 atom stereocenters. The number of ether oxygens (including phenoxy) is 2. The minimum Gasteiger partial charge on any atom is -0.493 e. The molecule has 2 rings (SSSR count). The van der Waals surface area contributed by atoms with Crippen LogP contribution >= 0.6 is 0 Å². The Balaban J connectivity index is 2.07. The second kappa shape index (κ2) is 7.54. The van der Waals surface area contributed by atoms with Crippen LogP contribution in [0.2, 0.25) is 0 Å². The predicted molar refractivity (Wildman–Crippen MR) is 85.7 cm³/mol. The van der Waals surface area contributed by atoms with Crippen molar-refractivity contribution in [1.29, 1.82) is 0 Å². The lowest BCUT2D eigenvalue weighted by molar-refractivity contribution is 0.0694. The van der Waals surface area contributed by atoms with E-state index in [4.69, 9.17) is 19.0 Å². The average molecular weight is 333 g/mol. The number of furan rings is 1. The van der Waals surface area contributed by atoms with E-state index in [2.05, 4.69) is 5.32 Å². The van der Waals surface area contributed by atoms with Gasteiger partial charge in [-0.15, -0.1) is 0 Å². The van der Waals surface area contributed by atoms with E-state index in [1.807, 2.05) is 6.92 Å². The zero-order valence-electron chi connectivity index (χ0n) is 13.7. The van der Waals surface area contributed by atoms with E-state index < -0.39 is 5.97 Å². The molecule has 7 heteroatoms. The lowest BCUT2D eigenvalue weighted by Crippen LogP contribution is -2.22. The normalized spacial score (nSPS) is 10.3. The molecule has 1 heterocycles. The van der Waals surface area contributed by atoms with Crippen molar-refractivity contribution in [3.63, 3.8) is 0 Å². The predicted octanol–water partition coefficient (Wildman–Crippen LogP) is 2.62. The fourth-order valence-electron chi connectivity index (χ4n) is 2.20. The molecule has 2 N–H and O–H groups in total. The van der Waals surface area contributed by atoms with Crippen molar-refractivity contribution in [2.75, 3.05) is 13.7 Å². The number of carboxylic acids is 1. The Morgan fingerprint density at radius 2 is 2.00 bits per heavy atom. The van der Waals surface area contributed by atoms with Crippen LogP contribution in [0.15, 0.2) is 28.7 Å². The third kappa shape index (κ3) is 3.87. The molecule has 0 aliphatic heterocycles. The van der Waals surface area contributed by atoms with Crippen LogP contribution in [0.3, 0.4) is 0 Å². The van der Waals surface area contributed by atoms with Crippen LogP contribution in [0.4, 0.5) is 0 Å². The fraction of sp³-hybridized carbons (Fsp3) is 0.294. The highest BCUT2D eigenvalue weighted by molar-refractivity contribution is 5.95. The van der Waals surface area contributed by atoms with E-state index in [0.29, 0.717) is 35.2 Å². The lowest BCUT2D eigenvalue weighted by Gasteiger charge is -2.11. The fourth-order valence-corrected chi connectivity index (χ4v) is 2.20. The Morgan fingerprint density at radius 1 is 1.25 bits per heavy atom. The van der Waals surface area contributed by atoms with Gasteiger partial charge in [-0.05, 0) is 38.1 Å². The van der Waals surface area contributed by atoms with Gasteiger partial charge in [-0.2, -0.15) is 0 Å². The van der Waals surface area contributed by atoms with Crippen LogP contribution < -0.4 is 14.8 Å². The van der Waals surface area contributed by atoms with Gasteiger partial charge in [-0.3, -0.25) is 4.79 Å². The van der Waals surface area contributed by atoms with Crippen LogP contribution in [0.1, 0.15) is 39.2 Å². The van der Waals surface area contributed by atoms with Crippen LogP contribution in [0.5, 0.6) is 11.5 Å². The molecule has 0 bridgehead atoms. The molecule has 0 aliphatic carbocycles. The number of carbonyl (C=O) groups excluding carboxylic acids is 1. The number of benzene rings is 1. The van der Waals surface area contributed by atoms with E-state index in [-0.39, 0.29) is 18.0 Å². The Labute approximate surface area is 139 Å². The standard InChI is InChI=1S/C17H19NO6/c1-4-23-14-6-5-11(7-15(14)22-3)16(19)18-9-12-8-13(17(20)21)10(2)24-12/h5-8H,4,9H2,1-3H3,(H,18,19)(H,20,21). The van der Waals surface area contributed by atoms with Gasteiger partial charge in [0.15, 0.2) is 11.5 Å². The number of carboxylic acid groups (broad SMARTS) is 1. The molecule has 0 saturated heterocycles. The van der Waals surface area contributed by atoms with Gasteiger partial charge in [-0.1, -0.05) is 0 Å². The molecule has 0 aliphatic rings. The summed E-state index contributed by atoms with van der Waals surface area (Å²) in [7, 11) is 1.50. The van der Waals surface area contributed by atoms with Crippen molar-refractivity contribution in [3.05, 3.63) is 46.9 Å². The number of methoxy groups -OCH3 is 1. The summed E-state index contributed by atoms with van der Waals surface area (Å²) in [6, 6.07) is 6.27. The van der Waals surface area contributed by atoms with Crippen LogP contribution in [0.25, 0.3) is 0 Å². The highest BCUT2D eigenvalue weighted by Crippen LogP contribution is 2.28. The van der Waals surface area contributed by atoms with Crippen LogP contribution in [-0.2, 0) is 6.54 Å². The third-order valence-corrected chi connectivity index (χ3v) is 3.35. The minimum atomic E-state index is -1.06. The molecular weight excluding hydrogens is 314 g/mol. The number of aromatic carboxylic acids is 1. The Kier molecular flexibility index (Phi) is 5.47. The van der Waals surface area contributed by atoms with Crippen LogP contribution in [0, 0.1) is 6.92 Å². The maximum atomic E-state index is 12.2. The first-order chi connectivity index (χ1) is 11.5. The topological polar surface area (TPSA) is 98.0 Å². The number of hydrogen-bond donors (Lipinski definition) is 2. The monoisotopic (exact) mass is 333 g/mol. The number of amides is 1. The average Bonchev–Trinajstić information content (AvgIpc) is 2.94. The van der Waals surface area contributed by atoms with E-state index in [1.165, 1.54) is 13.2 Å². The van der Waals surface area contributed by atoms with Gasteiger partial charge in [0.2, 0.25) is 0 Å². The summed E-state index contributed by atoms with van der Waals surface area (Å²) >= 11 is 0. The van der Waals surface area contributed by atoms with E-state index >= 15 is 0 Å². The summed E-state index contributed by atoms with van der Waals surface area (Å²) in [6.07, 6.45) is 0. The Hall–Kier alpha value is -2.96. The van der Waals surface area contributed by atoms with Crippen LogP contribution in [-0.4, -0.2) is 30.7 Å². The molecule has 0 unspecified atom stereocenters. The first kappa shape index (κ1) is 17.4. The second-order valence-electron chi connectivity index (χ2n) is 4.97. The molecule has 0 spiro atoms. The SMILES string of the molecule is CCOc1ccc(C(=O)NCc2cc(C(=O)O)c(C)o2)cc1OC. The van der Waals surface area contributed by atoms with Crippen molar-refractivity contribution in [2.24, 2.45) is 0 Å². The van der Waals surface area contributed by atoms with Gasteiger partial charge >= 0.3 is 5.97 Å². The largest absolute Gasteiger partial charge is 0.493 e. The smallest absolute Gasteiger partial charge is 0.339 e. The third-order valence-electron chi connectivity index (χ3n) is 3.35. The van der Waals surface area contributed by atoms with Crippen molar-refractivity contribution in [3.8, 4) is 11.5 Å². The van der Waals surface area contributed by atoms with Crippen molar-refractivity contribution < 1.29 is 28.6 Å².